The molecule has 1 aliphatic heterocycles. The van der Waals surface area contributed by atoms with E-state index in [1.165, 1.54) is 6.07 Å². The minimum atomic E-state index is -0.468. The van der Waals surface area contributed by atoms with Gasteiger partial charge in [0.25, 0.3) is 0 Å². The molecule has 1 saturated carbocycles. The van der Waals surface area contributed by atoms with Crippen LogP contribution in [0.5, 0.6) is 0 Å². The van der Waals surface area contributed by atoms with Gasteiger partial charge in [0.1, 0.15) is 11.6 Å². The zero-order chi connectivity index (χ0) is 22.2. The van der Waals surface area contributed by atoms with E-state index in [9.17, 15) is 18.7 Å². The van der Waals surface area contributed by atoms with Gasteiger partial charge in [-0.3, -0.25) is 9.89 Å². The van der Waals surface area contributed by atoms with Gasteiger partial charge in [-0.25, -0.2) is 13.8 Å². The molecule has 1 atom stereocenters. The Morgan fingerprint density at radius 3 is 2.78 bits per heavy atom. The number of aromatic amines is 1. The van der Waals surface area contributed by atoms with Gasteiger partial charge in [0.2, 0.25) is 0 Å². The summed E-state index contributed by atoms with van der Waals surface area (Å²) in [6.07, 6.45) is 6.48. The SMILES string of the molecule is O=C(CC1CCC(O)CC1)c1cnc2[nH]nc(N3CCC[C@@H]3c3cc(F)ccc3F)c2c1. The second-order valence-corrected chi connectivity index (χ2v) is 8.99. The van der Waals surface area contributed by atoms with E-state index in [-0.39, 0.29) is 23.8 Å². The zero-order valence-corrected chi connectivity index (χ0v) is 17.7. The first-order valence-electron chi connectivity index (χ1n) is 11.3. The number of pyridine rings is 1. The van der Waals surface area contributed by atoms with Gasteiger partial charge in [0.15, 0.2) is 17.2 Å². The molecular weight excluding hydrogens is 414 g/mol. The van der Waals surface area contributed by atoms with E-state index in [1.54, 1.807) is 12.3 Å². The van der Waals surface area contributed by atoms with E-state index in [0.29, 0.717) is 47.4 Å². The maximum Gasteiger partial charge on any atom is 0.164 e. The molecule has 3 aromatic rings. The fraction of sp³-hybridized carbons (Fsp3) is 0.458. The van der Waals surface area contributed by atoms with Crippen molar-refractivity contribution in [2.24, 2.45) is 5.92 Å². The van der Waals surface area contributed by atoms with Crippen molar-refractivity contribution in [2.75, 3.05) is 11.4 Å². The average Bonchev–Trinajstić information content (AvgIpc) is 3.43. The zero-order valence-electron chi connectivity index (χ0n) is 17.7. The second-order valence-electron chi connectivity index (χ2n) is 8.99. The molecule has 0 spiro atoms. The number of aliphatic hydroxyl groups is 1. The summed E-state index contributed by atoms with van der Waals surface area (Å²) in [6, 6.07) is 5.01. The van der Waals surface area contributed by atoms with Gasteiger partial charge in [0, 0.05) is 30.3 Å². The van der Waals surface area contributed by atoms with Gasteiger partial charge >= 0.3 is 0 Å². The molecular formula is C24H26F2N4O2. The number of anilines is 1. The summed E-state index contributed by atoms with van der Waals surface area (Å²) in [5.41, 5.74) is 1.40. The van der Waals surface area contributed by atoms with Crippen molar-refractivity contribution in [1.82, 2.24) is 15.2 Å². The van der Waals surface area contributed by atoms with Crippen LogP contribution in [0.3, 0.4) is 0 Å². The first-order chi connectivity index (χ1) is 15.5. The summed E-state index contributed by atoms with van der Waals surface area (Å²) in [5, 5.41) is 17.7. The molecule has 32 heavy (non-hydrogen) atoms. The van der Waals surface area contributed by atoms with Gasteiger partial charge in [-0.05, 0) is 68.7 Å². The van der Waals surface area contributed by atoms with Crippen LogP contribution < -0.4 is 4.90 Å². The molecule has 0 amide bonds. The summed E-state index contributed by atoms with van der Waals surface area (Å²) >= 11 is 0. The van der Waals surface area contributed by atoms with Gasteiger partial charge in [-0.15, -0.1) is 0 Å². The van der Waals surface area contributed by atoms with Crippen molar-refractivity contribution >= 4 is 22.6 Å². The lowest BCUT2D eigenvalue weighted by molar-refractivity contribution is 0.0859. The molecule has 3 heterocycles. The number of H-pyrrole nitrogens is 1. The molecule has 1 saturated heterocycles. The number of carbonyl (C=O) groups excluding carboxylic acids is 1. The molecule has 5 rings (SSSR count). The number of hydrogen-bond acceptors (Lipinski definition) is 5. The van der Waals surface area contributed by atoms with Crippen LogP contribution >= 0.6 is 0 Å². The van der Waals surface area contributed by atoms with Crippen molar-refractivity contribution in [3.63, 3.8) is 0 Å². The second kappa shape index (κ2) is 8.58. The Labute approximate surface area is 184 Å². The van der Waals surface area contributed by atoms with Gasteiger partial charge in [0.05, 0.1) is 17.5 Å². The van der Waals surface area contributed by atoms with E-state index < -0.39 is 11.6 Å². The molecule has 0 radical (unpaired) electrons. The van der Waals surface area contributed by atoms with E-state index in [4.69, 9.17) is 0 Å². The molecule has 1 aromatic carbocycles. The molecule has 8 heteroatoms. The highest BCUT2D eigenvalue weighted by molar-refractivity contribution is 6.00. The minimum Gasteiger partial charge on any atom is -0.393 e. The predicted molar refractivity (Wildman–Crippen MR) is 116 cm³/mol. The summed E-state index contributed by atoms with van der Waals surface area (Å²) in [4.78, 5) is 19.3. The molecule has 2 N–H and O–H groups in total. The maximum absolute atomic E-state index is 14.5. The minimum absolute atomic E-state index is 0.0297. The number of aromatic nitrogens is 3. The molecule has 6 nitrogen and oxygen atoms in total. The molecule has 168 valence electrons. The van der Waals surface area contributed by atoms with E-state index in [1.807, 2.05) is 4.90 Å². The predicted octanol–water partition coefficient (Wildman–Crippen LogP) is 4.70. The Bertz CT molecular complexity index is 1140. The van der Waals surface area contributed by atoms with E-state index in [0.717, 1.165) is 44.2 Å². The number of nitrogens with one attached hydrogen (secondary N) is 1. The summed E-state index contributed by atoms with van der Waals surface area (Å²) in [5.74, 6) is 0.0140. The summed E-state index contributed by atoms with van der Waals surface area (Å²) < 4.78 is 28.3. The third-order valence-electron chi connectivity index (χ3n) is 6.85. The Balaban J connectivity index is 1.42. The largest absolute Gasteiger partial charge is 0.393 e. The number of ketones is 1. The third kappa shape index (κ3) is 3.99. The Hall–Kier alpha value is -2.87. The number of aliphatic hydroxyl groups excluding tert-OH is 1. The number of nitrogens with zero attached hydrogens (tertiary/aromatic N) is 3. The number of rotatable bonds is 5. The number of Topliss-reactive ketones (excluding diaryl/α,β-unsaturated/α-hetero) is 1. The lowest BCUT2D eigenvalue weighted by atomic mass is 9.83. The number of carbonyl (C=O) groups is 1. The van der Waals surface area contributed by atoms with Crippen LogP contribution in [0.15, 0.2) is 30.5 Å². The lowest BCUT2D eigenvalue weighted by Crippen LogP contribution is -2.24. The Morgan fingerprint density at radius 2 is 1.97 bits per heavy atom. The highest BCUT2D eigenvalue weighted by atomic mass is 19.1. The van der Waals surface area contributed by atoms with Crippen molar-refractivity contribution in [1.29, 1.82) is 0 Å². The highest BCUT2D eigenvalue weighted by Crippen LogP contribution is 2.39. The van der Waals surface area contributed by atoms with Crippen molar-refractivity contribution in [2.45, 2.75) is 57.1 Å². The van der Waals surface area contributed by atoms with Crippen LogP contribution in [-0.2, 0) is 0 Å². The molecule has 1 aliphatic carbocycles. The smallest absolute Gasteiger partial charge is 0.164 e. The standard InChI is InChI=1S/C24H26F2N4O2/c25-16-5-8-20(26)18(12-16)21-2-1-9-30(21)24-19-11-15(13-27-23(19)28-29-24)22(32)10-14-3-6-17(31)7-4-14/h5,8,11-14,17,21,31H,1-4,6-7,9-10H2,(H,27,28,29)/t14?,17?,21-/m1/s1. The van der Waals surface area contributed by atoms with Gasteiger partial charge < -0.3 is 10.0 Å². The van der Waals surface area contributed by atoms with Crippen molar-refractivity contribution in [3.8, 4) is 0 Å². The highest BCUT2D eigenvalue weighted by Gasteiger charge is 2.32. The first-order valence-corrected chi connectivity index (χ1v) is 11.3. The Morgan fingerprint density at radius 1 is 1.16 bits per heavy atom. The van der Waals surface area contributed by atoms with Crippen LogP contribution in [0.2, 0.25) is 0 Å². The number of fused-ring (bicyclic) bond motifs is 1. The van der Waals surface area contributed by atoms with Crippen LogP contribution in [0.1, 0.15) is 66.9 Å². The van der Waals surface area contributed by atoms with Crippen LogP contribution in [0.25, 0.3) is 11.0 Å². The number of hydrogen-bond donors (Lipinski definition) is 2. The van der Waals surface area contributed by atoms with Crippen LogP contribution in [0.4, 0.5) is 14.6 Å². The first kappa shape index (κ1) is 21.0. The Kier molecular flexibility index (Phi) is 5.63. The van der Waals surface area contributed by atoms with Gasteiger partial charge in [-0.1, -0.05) is 0 Å². The monoisotopic (exact) mass is 440 g/mol. The van der Waals surface area contributed by atoms with E-state index in [2.05, 4.69) is 15.2 Å². The molecule has 2 aromatic heterocycles. The van der Waals surface area contributed by atoms with Crippen molar-refractivity contribution in [3.05, 3.63) is 53.2 Å². The van der Waals surface area contributed by atoms with Crippen molar-refractivity contribution < 1.29 is 18.7 Å². The number of halogens is 2. The third-order valence-corrected chi connectivity index (χ3v) is 6.85. The van der Waals surface area contributed by atoms with Gasteiger partial charge in [-0.2, -0.15) is 5.10 Å². The summed E-state index contributed by atoms with van der Waals surface area (Å²) in [6.45, 7) is 0.656. The average molecular weight is 440 g/mol. The molecule has 0 unspecified atom stereocenters. The fourth-order valence-electron chi connectivity index (χ4n) is 5.10. The quantitative estimate of drug-likeness (QED) is 0.562. The molecule has 0 bridgehead atoms. The lowest BCUT2D eigenvalue weighted by Gasteiger charge is -2.25. The van der Waals surface area contributed by atoms with E-state index >= 15 is 0 Å². The normalized spacial score (nSPS) is 23.7. The molecule has 2 aliphatic rings. The molecule has 2 fully saturated rings. The topological polar surface area (TPSA) is 82.1 Å². The van der Waals surface area contributed by atoms with Crippen LogP contribution in [0, 0.1) is 17.6 Å². The number of benzene rings is 1. The fourth-order valence-corrected chi connectivity index (χ4v) is 5.10. The maximum atomic E-state index is 14.5. The summed E-state index contributed by atoms with van der Waals surface area (Å²) in [7, 11) is 0. The van der Waals surface area contributed by atoms with Crippen LogP contribution in [-0.4, -0.2) is 38.7 Å².